The molecule has 0 radical (unpaired) electrons. The largest absolute Gasteiger partial charge is 0.346 e. The molecule has 35 heavy (non-hydrogen) atoms. The summed E-state index contributed by atoms with van der Waals surface area (Å²) in [5, 5.41) is 6.51. The number of hydrogen-bond acceptors (Lipinski definition) is 5. The predicted octanol–water partition coefficient (Wildman–Crippen LogP) is 4.87. The maximum Gasteiger partial charge on any atom is 0.256 e. The van der Waals surface area contributed by atoms with E-state index in [2.05, 4.69) is 20.6 Å². The fourth-order valence-corrected chi connectivity index (χ4v) is 3.74. The highest BCUT2D eigenvalue weighted by molar-refractivity contribution is 6.13. The van der Waals surface area contributed by atoms with Crippen molar-refractivity contribution in [1.82, 2.24) is 20.3 Å². The zero-order valence-corrected chi connectivity index (χ0v) is 18.7. The van der Waals surface area contributed by atoms with E-state index in [1.54, 1.807) is 48.9 Å². The number of pyridine rings is 3. The van der Waals surface area contributed by atoms with Crippen molar-refractivity contribution in [2.45, 2.75) is 6.54 Å². The van der Waals surface area contributed by atoms with Crippen molar-refractivity contribution in [3.63, 3.8) is 0 Å². The van der Waals surface area contributed by atoms with E-state index in [0.29, 0.717) is 34.6 Å². The number of nitrogens with zero attached hydrogens (tertiary/aromatic N) is 3. The van der Waals surface area contributed by atoms with Gasteiger partial charge in [-0.3, -0.25) is 19.6 Å². The molecule has 0 saturated heterocycles. The van der Waals surface area contributed by atoms with Gasteiger partial charge in [0.25, 0.3) is 11.8 Å². The molecule has 2 amide bonds. The summed E-state index contributed by atoms with van der Waals surface area (Å²) in [6.07, 6.45) is 5.09. The third-order valence-electron chi connectivity index (χ3n) is 5.46. The number of carbonyl (C=O) groups excluding carboxylic acids is 2. The van der Waals surface area contributed by atoms with E-state index in [4.69, 9.17) is 4.98 Å². The van der Waals surface area contributed by atoms with E-state index < -0.39 is 0 Å². The molecule has 170 valence electrons. The zero-order valence-electron chi connectivity index (χ0n) is 18.7. The predicted molar refractivity (Wildman–Crippen MR) is 135 cm³/mol. The molecule has 5 aromatic rings. The first kappa shape index (κ1) is 21.9. The highest BCUT2D eigenvalue weighted by Gasteiger charge is 2.15. The van der Waals surface area contributed by atoms with Crippen LogP contribution in [0.3, 0.4) is 0 Å². The van der Waals surface area contributed by atoms with Crippen LogP contribution < -0.4 is 10.6 Å². The number of fused-ring (bicyclic) bond motifs is 1. The van der Waals surface area contributed by atoms with Crippen LogP contribution in [0.2, 0.25) is 0 Å². The first-order chi connectivity index (χ1) is 17.2. The molecule has 0 atom stereocenters. The highest BCUT2D eigenvalue weighted by atomic mass is 16.2. The van der Waals surface area contributed by atoms with E-state index in [0.717, 1.165) is 16.6 Å². The second-order valence-corrected chi connectivity index (χ2v) is 7.85. The summed E-state index contributed by atoms with van der Waals surface area (Å²) in [7, 11) is 0. The van der Waals surface area contributed by atoms with Gasteiger partial charge in [-0.05, 0) is 54.6 Å². The molecule has 0 aliphatic heterocycles. The Balaban J connectivity index is 1.39. The minimum absolute atomic E-state index is 0.250. The van der Waals surface area contributed by atoms with Crippen molar-refractivity contribution in [1.29, 1.82) is 0 Å². The Kier molecular flexibility index (Phi) is 6.21. The minimum Gasteiger partial charge on any atom is -0.346 e. The molecule has 5 rings (SSSR count). The number of anilines is 1. The van der Waals surface area contributed by atoms with Crippen LogP contribution >= 0.6 is 0 Å². The van der Waals surface area contributed by atoms with Gasteiger partial charge in [0, 0.05) is 40.8 Å². The smallest absolute Gasteiger partial charge is 0.256 e. The van der Waals surface area contributed by atoms with Gasteiger partial charge in [-0.25, -0.2) is 4.98 Å². The Labute approximate surface area is 201 Å². The summed E-state index contributed by atoms with van der Waals surface area (Å²) in [6, 6.07) is 25.4. The molecule has 7 heteroatoms. The zero-order chi connectivity index (χ0) is 24.0. The van der Waals surface area contributed by atoms with E-state index >= 15 is 0 Å². The summed E-state index contributed by atoms with van der Waals surface area (Å²) >= 11 is 0. The molecule has 0 fully saturated rings. The molecular weight excluding hydrogens is 438 g/mol. The van der Waals surface area contributed by atoms with Crippen molar-refractivity contribution < 1.29 is 9.59 Å². The third-order valence-corrected chi connectivity index (χ3v) is 5.46. The number of nitrogens with one attached hydrogen (secondary N) is 2. The van der Waals surface area contributed by atoms with Gasteiger partial charge in [-0.2, -0.15) is 0 Å². The van der Waals surface area contributed by atoms with E-state index in [1.807, 2.05) is 54.6 Å². The molecule has 7 nitrogen and oxygen atoms in total. The van der Waals surface area contributed by atoms with Crippen LogP contribution in [-0.2, 0) is 6.54 Å². The molecule has 0 unspecified atom stereocenters. The molecule has 0 bridgehead atoms. The second-order valence-electron chi connectivity index (χ2n) is 7.85. The van der Waals surface area contributed by atoms with Crippen molar-refractivity contribution in [3.8, 4) is 11.3 Å². The van der Waals surface area contributed by atoms with Crippen molar-refractivity contribution in [3.05, 3.63) is 120 Å². The van der Waals surface area contributed by atoms with E-state index in [-0.39, 0.29) is 11.8 Å². The molecule has 3 aromatic heterocycles. The fraction of sp³-hybridized carbons (Fsp3) is 0.0357. The molecule has 0 saturated carbocycles. The molecule has 3 heterocycles. The van der Waals surface area contributed by atoms with Crippen LogP contribution in [-0.4, -0.2) is 26.8 Å². The Hall–Kier alpha value is -4.91. The number of benzene rings is 2. The SMILES string of the molecule is O=C(NCc1ccccn1)c1cccc(NC(=O)c2cc(-c3cccnc3)nc3ccccc23)c1. The Bertz CT molecular complexity index is 1500. The monoisotopic (exact) mass is 459 g/mol. The summed E-state index contributed by atoms with van der Waals surface area (Å²) in [5.74, 6) is -0.542. The van der Waals surface area contributed by atoms with Crippen LogP contribution in [0.5, 0.6) is 0 Å². The first-order valence-corrected chi connectivity index (χ1v) is 11.1. The number of rotatable bonds is 6. The maximum atomic E-state index is 13.3. The van der Waals surface area contributed by atoms with Crippen molar-refractivity contribution >= 4 is 28.4 Å². The quantitative estimate of drug-likeness (QED) is 0.377. The highest BCUT2D eigenvalue weighted by Crippen LogP contribution is 2.25. The third kappa shape index (κ3) is 5.04. The number of amides is 2. The summed E-state index contributed by atoms with van der Waals surface area (Å²) in [6.45, 7) is 0.316. The number of para-hydroxylation sites is 1. The Morgan fingerprint density at radius 3 is 2.51 bits per heavy atom. The van der Waals surface area contributed by atoms with Gasteiger partial charge < -0.3 is 10.6 Å². The van der Waals surface area contributed by atoms with Crippen molar-refractivity contribution in [2.24, 2.45) is 0 Å². The van der Waals surface area contributed by atoms with Gasteiger partial charge in [0.2, 0.25) is 0 Å². The van der Waals surface area contributed by atoms with Crippen LogP contribution in [0.1, 0.15) is 26.4 Å². The fourth-order valence-electron chi connectivity index (χ4n) is 3.74. The van der Waals surface area contributed by atoms with Gasteiger partial charge in [-0.1, -0.05) is 30.3 Å². The van der Waals surface area contributed by atoms with Crippen LogP contribution in [0.15, 0.2) is 104 Å². The lowest BCUT2D eigenvalue weighted by molar-refractivity contribution is 0.0949. The average Bonchev–Trinajstić information content (AvgIpc) is 2.92. The summed E-state index contributed by atoms with van der Waals surface area (Å²) in [4.78, 5) is 39.0. The minimum atomic E-state index is -0.292. The van der Waals surface area contributed by atoms with Gasteiger partial charge in [0.1, 0.15) is 0 Å². The molecule has 0 spiro atoms. The molecule has 2 N–H and O–H groups in total. The lowest BCUT2D eigenvalue weighted by Crippen LogP contribution is -2.23. The van der Waals surface area contributed by atoms with Crippen LogP contribution in [0.4, 0.5) is 5.69 Å². The lowest BCUT2D eigenvalue weighted by atomic mass is 10.0. The normalized spacial score (nSPS) is 10.6. The van der Waals surface area contributed by atoms with Crippen LogP contribution in [0, 0.1) is 0 Å². The second kappa shape index (κ2) is 9.93. The lowest BCUT2D eigenvalue weighted by Gasteiger charge is -2.11. The van der Waals surface area contributed by atoms with Crippen molar-refractivity contribution in [2.75, 3.05) is 5.32 Å². The summed E-state index contributed by atoms with van der Waals surface area (Å²) < 4.78 is 0. The number of carbonyl (C=O) groups is 2. The van der Waals surface area contributed by atoms with Gasteiger partial charge >= 0.3 is 0 Å². The standard InChI is InChI=1S/C28H21N5O2/c34-27(31-18-22-9-3-4-14-30-22)19-7-5-10-21(15-19)32-28(35)24-16-26(20-8-6-13-29-17-20)33-25-12-2-1-11-23(24)25/h1-17H,18H2,(H,31,34)(H,32,35). The average molecular weight is 460 g/mol. The molecule has 2 aromatic carbocycles. The van der Waals surface area contributed by atoms with Crippen LogP contribution in [0.25, 0.3) is 22.2 Å². The first-order valence-electron chi connectivity index (χ1n) is 11.1. The molecule has 0 aliphatic carbocycles. The molecule has 0 aliphatic rings. The van der Waals surface area contributed by atoms with Gasteiger partial charge in [-0.15, -0.1) is 0 Å². The number of hydrogen-bond donors (Lipinski definition) is 2. The summed E-state index contributed by atoms with van der Waals surface area (Å²) in [5.41, 5.74) is 4.39. The Morgan fingerprint density at radius 1 is 0.800 bits per heavy atom. The maximum absolute atomic E-state index is 13.3. The number of aromatic nitrogens is 3. The topological polar surface area (TPSA) is 96.9 Å². The van der Waals surface area contributed by atoms with E-state index in [9.17, 15) is 9.59 Å². The van der Waals surface area contributed by atoms with Gasteiger partial charge in [0.05, 0.1) is 29.0 Å². The van der Waals surface area contributed by atoms with E-state index in [1.165, 1.54) is 0 Å². The van der Waals surface area contributed by atoms with Gasteiger partial charge in [0.15, 0.2) is 0 Å². The Morgan fingerprint density at radius 2 is 1.69 bits per heavy atom. The molecular formula is C28H21N5O2.